The Hall–Kier alpha value is -2.17. The van der Waals surface area contributed by atoms with Crippen LogP contribution >= 0.6 is 0 Å². The van der Waals surface area contributed by atoms with Crippen molar-refractivity contribution in [3.63, 3.8) is 0 Å². The molecule has 0 bridgehead atoms. The molecule has 0 unspecified atom stereocenters. The monoisotopic (exact) mass is 271 g/mol. The van der Waals surface area contributed by atoms with Crippen molar-refractivity contribution in [3.8, 4) is 0 Å². The molecular formula is C15H21N5. The Kier molecular flexibility index (Phi) is 4.17. The lowest BCUT2D eigenvalue weighted by atomic mass is 10.2. The second kappa shape index (κ2) is 5.86. The summed E-state index contributed by atoms with van der Waals surface area (Å²) in [6.45, 7) is 6.79. The van der Waals surface area contributed by atoms with Gasteiger partial charge >= 0.3 is 0 Å². The summed E-state index contributed by atoms with van der Waals surface area (Å²) < 4.78 is 0. The number of pyridine rings is 1. The average molecular weight is 271 g/mol. The molecule has 2 N–H and O–H groups in total. The van der Waals surface area contributed by atoms with Gasteiger partial charge in [0.1, 0.15) is 17.5 Å². The van der Waals surface area contributed by atoms with Crippen LogP contribution in [0.4, 0.5) is 11.6 Å². The summed E-state index contributed by atoms with van der Waals surface area (Å²) in [6, 6.07) is 7.81. The highest BCUT2D eigenvalue weighted by molar-refractivity contribution is 5.46. The van der Waals surface area contributed by atoms with E-state index in [9.17, 15) is 0 Å². The molecule has 0 radical (unpaired) electrons. The normalized spacial score (nSPS) is 10.8. The van der Waals surface area contributed by atoms with E-state index in [-0.39, 0.29) is 5.92 Å². The van der Waals surface area contributed by atoms with Gasteiger partial charge in [-0.05, 0) is 19.1 Å². The first kappa shape index (κ1) is 14.2. The van der Waals surface area contributed by atoms with Gasteiger partial charge in [-0.3, -0.25) is 4.98 Å². The Morgan fingerprint density at radius 1 is 1.20 bits per heavy atom. The molecule has 0 aliphatic rings. The largest absolute Gasteiger partial charge is 0.384 e. The van der Waals surface area contributed by atoms with Crippen molar-refractivity contribution in [3.05, 3.63) is 41.5 Å². The van der Waals surface area contributed by atoms with Crippen LogP contribution in [-0.2, 0) is 6.54 Å². The number of anilines is 2. The minimum absolute atomic E-state index is 0.253. The Morgan fingerprint density at radius 2 is 1.95 bits per heavy atom. The third kappa shape index (κ3) is 3.44. The zero-order valence-corrected chi connectivity index (χ0v) is 12.5. The van der Waals surface area contributed by atoms with Crippen molar-refractivity contribution in [2.45, 2.75) is 33.2 Å². The number of hydrogen-bond acceptors (Lipinski definition) is 5. The first-order valence-electron chi connectivity index (χ1n) is 6.74. The van der Waals surface area contributed by atoms with E-state index in [0.29, 0.717) is 12.4 Å². The van der Waals surface area contributed by atoms with Crippen LogP contribution in [-0.4, -0.2) is 22.0 Å². The van der Waals surface area contributed by atoms with Gasteiger partial charge in [0.15, 0.2) is 0 Å². The number of nitrogens with zero attached hydrogens (tertiary/aromatic N) is 4. The summed E-state index contributed by atoms with van der Waals surface area (Å²) in [5.41, 5.74) is 7.88. The van der Waals surface area contributed by atoms with Crippen molar-refractivity contribution in [1.82, 2.24) is 15.0 Å². The summed E-state index contributed by atoms with van der Waals surface area (Å²) in [4.78, 5) is 15.4. The maximum absolute atomic E-state index is 5.86. The molecule has 0 saturated heterocycles. The molecule has 5 nitrogen and oxygen atoms in total. The molecule has 0 fully saturated rings. The van der Waals surface area contributed by atoms with Crippen LogP contribution in [0.25, 0.3) is 0 Å². The van der Waals surface area contributed by atoms with Gasteiger partial charge in [-0.1, -0.05) is 19.9 Å². The highest BCUT2D eigenvalue weighted by Crippen LogP contribution is 2.18. The number of aromatic nitrogens is 3. The Labute approximate surface area is 119 Å². The molecule has 0 aromatic carbocycles. The van der Waals surface area contributed by atoms with Crippen LogP contribution in [0.5, 0.6) is 0 Å². The second-order valence-corrected chi connectivity index (χ2v) is 5.29. The van der Waals surface area contributed by atoms with Gasteiger partial charge in [-0.2, -0.15) is 0 Å². The van der Waals surface area contributed by atoms with E-state index >= 15 is 0 Å². The number of nitrogens with two attached hydrogens (primary N) is 1. The minimum Gasteiger partial charge on any atom is -0.384 e. The second-order valence-electron chi connectivity index (χ2n) is 5.29. The maximum atomic E-state index is 5.86. The smallest absolute Gasteiger partial charge is 0.135 e. The van der Waals surface area contributed by atoms with Crippen LogP contribution in [0.2, 0.25) is 0 Å². The highest BCUT2D eigenvalue weighted by Gasteiger charge is 2.10. The van der Waals surface area contributed by atoms with Crippen LogP contribution < -0.4 is 10.6 Å². The van der Waals surface area contributed by atoms with Gasteiger partial charge in [0.25, 0.3) is 0 Å². The molecule has 2 aromatic rings. The summed E-state index contributed by atoms with van der Waals surface area (Å²) in [7, 11) is 1.98. The van der Waals surface area contributed by atoms with Crippen molar-refractivity contribution < 1.29 is 0 Å². The lowest BCUT2D eigenvalue weighted by molar-refractivity contribution is 0.762. The Bertz CT molecular complexity index is 595. The van der Waals surface area contributed by atoms with E-state index in [1.165, 1.54) is 0 Å². The number of rotatable bonds is 4. The molecule has 0 amide bonds. The standard InChI is InChI=1S/C15H21N5/c1-10(2)15-18-13(16)8-14(19-15)20(4)9-12-7-5-6-11(3)17-12/h5-8,10H,9H2,1-4H3,(H2,16,18,19). The zero-order chi connectivity index (χ0) is 14.7. The van der Waals surface area contributed by atoms with E-state index in [1.54, 1.807) is 6.07 Å². The lowest BCUT2D eigenvalue weighted by Crippen LogP contribution is -2.20. The van der Waals surface area contributed by atoms with E-state index in [1.807, 2.05) is 37.1 Å². The van der Waals surface area contributed by atoms with Crippen LogP contribution in [0.1, 0.15) is 37.0 Å². The van der Waals surface area contributed by atoms with Crippen molar-refractivity contribution >= 4 is 11.6 Å². The molecule has 106 valence electrons. The van der Waals surface area contributed by atoms with Gasteiger partial charge in [0, 0.05) is 24.7 Å². The summed E-state index contributed by atoms with van der Waals surface area (Å²) in [5, 5.41) is 0. The first-order valence-corrected chi connectivity index (χ1v) is 6.74. The van der Waals surface area contributed by atoms with Crippen LogP contribution in [0, 0.1) is 6.92 Å². The molecule has 5 heteroatoms. The van der Waals surface area contributed by atoms with Gasteiger partial charge in [0.05, 0.1) is 12.2 Å². The van der Waals surface area contributed by atoms with Crippen LogP contribution in [0.3, 0.4) is 0 Å². The molecule has 0 spiro atoms. The van der Waals surface area contributed by atoms with E-state index in [2.05, 4.69) is 28.8 Å². The number of aryl methyl sites for hydroxylation is 1. The average Bonchev–Trinajstić information content (AvgIpc) is 2.37. The maximum Gasteiger partial charge on any atom is 0.135 e. The summed E-state index contributed by atoms with van der Waals surface area (Å²) in [6.07, 6.45) is 0. The molecule has 0 atom stereocenters. The predicted molar refractivity (Wildman–Crippen MR) is 81.6 cm³/mol. The molecule has 2 aromatic heterocycles. The van der Waals surface area contributed by atoms with Gasteiger partial charge in [0.2, 0.25) is 0 Å². The number of nitrogen functional groups attached to an aromatic ring is 1. The SMILES string of the molecule is Cc1cccc(CN(C)c2cc(N)nc(C(C)C)n2)n1. The minimum atomic E-state index is 0.253. The third-order valence-electron chi connectivity index (χ3n) is 3.00. The molecule has 0 aliphatic heterocycles. The Balaban J connectivity index is 2.22. The zero-order valence-electron chi connectivity index (χ0n) is 12.5. The van der Waals surface area contributed by atoms with Gasteiger partial charge in [-0.25, -0.2) is 9.97 Å². The van der Waals surface area contributed by atoms with Crippen molar-refractivity contribution in [2.75, 3.05) is 17.7 Å². The molecule has 0 aliphatic carbocycles. The fourth-order valence-electron chi connectivity index (χ4n) is 1.94. The molecule has 2 heterocycles. The number of hydrogen-bond donors (Lipinski definition) is 1. The highest BCUT2D eigenvalue weighted by atomic mass is 15.2. The van der Waals surface area contributed by atoms with Crippen LogP contribution in [0.15, 0.2) is 24.3 Å². The van der Waals surface area contributed by atoms with Crippen molar-refractivity contribution in [2.24, 2.45) is 0 Å². The molecular weight excluding hydrogens is 250 g/mol. The van der Waals surface area contributed by atoms with Gasteiger partial charge < -0.3 is 10.6 Å². The molecule has 20 heavy (non-hydrogen) atoms. The van der Waals surface area contributed by atoms with E-state index in [0.717, 1.165) is 23.0 Å². The molecule has 0 saturated carbocycles. The topological polar surface area (TPSA) is 67.9 Å². The fourth-order valence-corrected chi connectivity index (χ4v) is 1.94. The fraction of sp³-hybridized carbons (Fsp3) is 0.400. The summed E-state index contributed by atoms with van der Waals surface area (Å²) >= 11 is 0. The van der Waals surface area contributed by atoms with Gasteiger partial charge in [-0.15, -0.1) is 0 Å². The van der Waals surface area contributed by atoms with Crippen molar-refractivity contribution in [1.29, 1.82) is 0 Å². The van der Waals surface area contributed by atoms with E-state index in [4.69, 9.17) is 5.73 Å². The third-order valence-corrected chi connectivity index (χ3v) is 3.00. The molecule has 2 rings (SSSR count). The lowest BCUT2D eigenvalue weighted by Gasteiger charge is -2.19. The summed E-state index contributed by atoms with van der Waals surface area (Å²) in [5.74, 6) is 2.35. The first-order chi connectivity index (χ1) is 9.45. The predicted octanol–water partition coefficient (Wildman–Crippen LogP) is 2.52. The van der Waals surface area contributed by atoms with E-state index < -0.39 is 0 Å². The Morgan fingerprint density at radius 3 is 2.60 bits per heavy atom. The quantitative estimate of drug-likeness (QED) is 0.925.